The van der Waals surface area contributed by atoms with E-state index in [1.54, 1.807) is 36.7 Å². The van der Waals surface area contributed by atoms with Crippen molar-refractivity contribution >= 4 is 17.7 Å². The van der Waals surface area contributed by atoms with Gasteiger partial charge in [-0.15, -0.1) is 0 Å². The normalized spacial score (nSPS) is 10.6. The van der Waals surface area contributed by atoms with Crippen molar-refractivity contribution in [2.45, 2.75) is 17.3 Å². The molecule has 2 heterocycles. The molecule has 25 heavy (non-hydrogen) atoms. The lowest BCUT2D eigenvalue weighted by Crippen LogP contribution is -2.25. The van der Waals surface area contributed by atoms with Crippen LogP contribution >= 0.6 is 11.8 Å². The quantitative estimate of drug-likeness (QED) is 0.518. The lowest BCUT2D eigenvalue weighted by molar-refractivity contribution is 0.0925. The number of nitrogens with one attached hydrogen (secondary N) is 1. The summed E-state index contributed by atoms with van der Waals surface area (Å²) in [5.41, 5.74) is 0.833. The molecule has 0 aliphatic heterocycles. The molecule has 0 unspecified atom stereocenters. The molecule has 0 fully saturated rings. The first-order valence-corrected chi connectivity index (χ1v) is 8.70. The molecule has 0 spiro atoms. The summed E-state index contributed by atoms with van der Waals surface area (Å²) in [6.45, 7) is 0.408. The Kier molecular flexibility index (Phi) is 5.79. The van der Waals surface area contributed by atoms with Crippen LogP contribution in [0.25, 0.3) is 0 Å². The van der Waals surface area contributed by atoms with E-state index in [1.165, 1.54) is 23.9 Å². The Morgan fingerprint density at radius 1 is 1.16 bits per heavy atom. The number of carbonyl (C=O) groups is 1. The van der Waals surface area contributed by atoms with Crippen LogP contribution in [-0.4, -0.2) is 22.4 Å². The molecule has 0 saturated carbocycles. The molecule has 0 radical (unpaired) electrons. The van der Waals surface area contributed by atoms with Gasteiger partial charge in [0.15, 0.2) is 10.9 Å². The summed E-state index contributed by atoms with van der Waals surface area (Å²) in [4.78, 5) is 20.3. The average Bonchev–Trinajstić information content (AvgIpc) is 3.10. The molecule has 0 saturated heterocycles. The van der Waals surface area contributed by atoms with Crippen molar-refractivity contribution in [3.8, 4) is 0 Å². The highest BCUT2D eigenvalue weighted by atomic mass is 32.2. The Balaban J connectivity index is 1.47. The van der Waals surface area contributed by atoms with Gasteiger partial charge in [0.25, 0.3) is 5.91 Å². The van der Waals surface area contributed by atoms with Crippen LogP contribution in [0.1, 0.15) is 21.9 Å². The molecule has 128 valence electrons. The van der Waals surface area contributed by atoms with Gasteiger partial charge in [-0.05, 0) is 42.3 Å². The molecule has 2 aromatic heterocycles. The predicted octanol–water partition coefficient (Wildman–Crippen LogP) is 3.47. The van der Waals surface area contributed by atoms with Crippen LogP contribution in [-0.2, 0) is 12.2 Å². The number of nitrogens with zero attached hydrogens (tertiary/aromatic N) is 2. The number of halogens is 1. The van der Waals surface area contributed by atoms with E-state index < -0.39 is 0 Å². The lowest BCUT2D eigenvalue weighted by atomic mass is 10.1. The van der Waals surface area contributed by atoms with Gasteiger partial charge in [-0.25, -0.2) is 14.4 Å². The zero-order valence-electron chi connectivity index (χ0n) is 13.3. The standard InChI is InChI=1S/C18H16FN3O2S/c19-14-4-1-3-13(11-14)7-10-20-17(23)16-6-5-15(24-16)12-25-18-21-8-2-9-22-18/h1-6,8-9,11H,7,10,12H2,(H,20,23). The van der Waals surface area contributed by atoms with Gasteiger partial charge in [-0.2, -0.15) is 0 Å². The van der Waals surface area contributed by atoms with Crippen LogP contribution in [0.5, 0.6) is 0 Å². The number of hydrogen-bond acceptors (Lipinski definition) is 5. The largest absolute Gasteiger partial charge is 0.455 e. The summed E-state index contributed by atoms with van der Waals surface area (Å²) in [5.74, 6) is 0.903. The fourth-order valence-corrected chi connectivity index (χ4v) is 2.87. The number of aromatic nitrogens is 2. The Bertz CT molecular complexity index is 839. The summed E-state index contributed by atoms with van der Waals surface area (Å²) in [6, 6.07) is 11.5. The minimum atomic E-state index is -0.288. The number of thioether (sulfide) groups is 1. The fraction of sp³-hybridized carbons (Fsp3) is 0.167. The molecule has 3 rings (SSSR count). The molecule has 1 aromatic carbocycles. The summed E-state index contributed by atoms with van der Waals surface area (Å²) in [6.07, 6.45) is 3.90. The highest BCUT2D eigenvalue weighted by Crippen LogP contribution is 2.20. The van der Waals surface area contributed by atoms with Crippen LogP contribution in [0.3, 0.4) is 0 Å². The predicted molar refractivity (Wildman–Crippen MR) is 92.7 cm³/mol. The van der Waals surface area contributed by atoms with Crippen LogP contribution < -0.4 is 5.32 Å². The summed E-state index contributed by atoms with van der Waals surface area (Å²) in [7, 11) is 0. The fourth-order valence-electron chi connectivity index (χ4n) is 2.17. The van der Waals surface area contributed by atoms with Gasteiger partial charge in [-0.3, -0.25) is 4.79 Å². The van der Waals surface area contributed by atoms with Crippen molar-refractivity contribution in [3.63, 3.8) is 0 Å². The Labute approximate surface area is 148 Å². The van der Waals surface area contributed by atoms with Crippen LogP contribution in [0.4, 0.5) is 4.39 Å². The molecule has 0 bridgehead atoms. The molecule has 7 heteroatoms. The van der Waals surface area contributed by atoms with E-state index in [4.69, 9.17) is 4.42 Å². The highest BCUT2D eigenvalue weighted by Gasteiger charge is 2.11. The second-order valence-corrected chi connectivity index (χ2v) is 6.16. The third kappa shape index (κ3) is 5.15. The van der Waals surface area contributed by atoms with Crippen molar-refractivity contribution in [2.24, 2.45) is 0 Å². The Hall–Kier alpha value is -2.67. The van der Waals surface area contributed by atoms with Gasteiger partial charge in [0, 0.05) is 18.9 Å². The average molecular weight is 357 g/mol. The third-order valence-corrected chi connectivity index (χ3v) is 4.26. The monoisotopic (exact) mass is 357 g/mol. The van der Waals surface area contributed by atoms with Crippen LogP contribution in [0.15, 0.2) is 64.4 Å². The number of carbonyl (C=O) groups excluding carboxylic acids is 1. The van der Waals surface area contributed by atoms with E-state index in [1.807, 2.05) is 6.07 Å². The SMILES string of the molecule is O=C(NCCc1cccc(F)c1)c1ccc(CSc2ncccn2)o1. The molecule has 0 aliphatic carbocycles. The highest BCUT2D eigenvalue weighted by molar-refractivity contribution is 7.98. The first-order valence-electron chi connectivity index (χ1n) is 7.72. The number of rotatable bonds is 7. The number of amides is 1. The summed E-state index contributed by atoms with van der Waals surface area (Å²) < 4.78 is 18.6. The molecule has 1 amide bonds. The molecule has 3 aromatic rings. The molecular weight excluding hydrogens is 341 g/mol. The first-order chi connectivity index (χ1) is 12.2. The second-order valence-electron chi connectivity index (χ2n) is 5.22. The van der Waals surface area contributed by atoms with E-state index in [-0.39, 0.29) is 17.5 Å². The first kappa shape index (κ1) is 17.2. The number of benzene rings is 1. The molecule has 0 aliphatic rings. The van der Waals surface area contributed by atoms with E-state index in [9.17, 15) is 9.18 Å². The zero-order chi connectivity index (χ0) is 17.5. The Morgan fingerprint density at radius 3 is 2.80 bits per heavy atom. The minimum absolute atomic E-state index is 0.254. The van der Waals surface area contributed by atoms with Gasteiger partial charge in [-0.1, -0.05) is 23.9 Å². The van der Waals surface area contributed by atoms with E-state index >= 15 is 0 Å². The molecular formula is C18H16FN3O2S. The van der Waals surface area contributed by atoms with Crippen LogP contribution in [0, 0.1) is 5.82 Å². The zero-order valence-corrected chi connectivity index (χ0v) is 14.1. The molecule has 1 N–H and O–H groups in total. The summed E-state index contributed by atoms with van der Waals surface area (Å²) >= 11 is 1.43. The van der Waals surface area contributed by atoms with Crippen molar-refractivity contribution in [3.05, 3.63) is 77.8 Å². The molecule has 5 nitrogen and oxygen atoms in total. The maximum absolute atomic E-state index is 13.1. The van der Waals surface area contributed by atoms with E-state index in [2.05, 4.69) is 15.3 Å². The van der Waals surface area contributed by atoms with Gasteiger partial charge in [0.2, 0.25) is 0 Å². The maximum Gasteiger partial charge on any atom is 0.287 e. The second kappa shape index (κ2) is 8.43. The van der Waals surface area contributed by atoms with Crippen molar-refractivity contribution < 1.29 is 13.6 Å². The van der Waals surface area contributed by atoms with Gasteiger partial charge in [0.05, 0.1) is 5.75 Å². The van der Waals surface area contributed by atoms with Crippen molar-refractivity contribution in [1.29, 1.82) is 0 Å². The van der Waals surface area contributed by atoms with Gasteiger partial charge < -0.3 is 9.73 Å². The smallest absolute Gasteiger partial charge is 0.287 e. The number of furan rings is 1. The third-order valence-electron chi connectivity index (χ3n) is 3.36. The minimum Gasteiger partial charge on any atom is -0.455 e. The van der Waals surface area contributed by atoms with E-state index in [0.29, 0.717) is 29.6 Å². The summed E-state index contributed by atoms with van der Waals surface area (Å²) in [5, 5.41) is 3.42. The number of hydrogen-bond donors (Lipinski definition) is 1. The Morgan fingerprint density at radius 2 is 2.00 bits per heavy atom. The topological polar surface area (TPSA) is 68.0 Å². The van der Waals surface area contributed by atoms with E-state index in [0.717, 1.165) is 5.56 Å². The van der Waals surface area contributed by atoms with Crippen molar-refractivity contribution in [1.82, 2.24) is 15.3 Å². The van der Waals surface area contributed by atoms with Gasteiger partial charge in [0.1, 0.15) is 11.6 Å². The maximum atomic E-state index is 13.1. The van der Waals surface area contributed by atoms with Gasteiger partial charge >= 0.3 is 0 Å². The lowest BCUT2D eigenvalue weighted by Gasteiger charge is -2.04. The van der Waals surface area contributed by atoms with Crippen LogP contribution in [0.2, 0.25) is 0 Å². The molecule has 0 atom stereocenters. The van der Waals surface area contributed by atoms with Crippen molar-refractivity contribution in [2.75, 3.05) is 6.54 Å².